The van der Waals surface area contributed by atoms with E-state index in [-0.39, 0.29) is 0 Å². The van der Waals surface area contributed by atoms with Crippen LogP contribution in [0.2, 0.25) is 5.02 Å². The molecule has 3 rings (SSSR count). The van der Waals surface area contributed by atoms with E-state index in [2.05, 4.69) is 36.4 Å². The summed E-state index contributed by atoms with van der Waals surface area (Å²) in [5, 5.41) is 12.0. The summed E-state index contributed by atoms with van der Waals surface area (Å²) in [4.78, 5) is 1.22. The summed E-state index contributed by atoms with van der Waals surface area (Å²) >= 11 is 7.95. The molecule has 0 saturated heterocycles. The van der Waals surface area contributed by atoms with E-state index in [1.807, 2.05) is 24.3 Å². The molecule has 0 unspecified atom stereocenters. The van der Waals surface area contributed by atoms with Gasteiger partial charge < -0.3 is 0 Å². The van der Waals surface area contributed by atoms with Gasteiger partial charge in [0.15, 0.2) is 0 Å². The van der Waals surface area contributed by atoms with Gasteiger partial charge in [0.05, 0.1) is 11.6 Å². The number of thioether (sulfide) groups is 1. The SMILES string of the molecule is N#Cc1ccc(CSc2ccc3ccccc3c2)c(Cl)c1. The van der Waals surface area contributed by atoms with Crippen molar-refractivity contribution in [2.75, 3.05) is 0 Å². The number of nitrogens with zero attached hydrogens (tertiary/aromatic N) is 1. The molecule has 0 atom stereocenters. The Balaban J connectivity index is 1.78. The number of nitriles is 1. The minimum absolute atomic E-state index is 0.597. The number of hydrogen-bond donors (Lipinski definition) is 0. The lowest BCUT2D eigenvalue weighted by molar-refractivity contribution is 1.37. The Kier molecular flexibility index (Phi) is 4.15. The molecule has 0 N–H and O–H groups in total. The van der Waals surface area contributed by atoms with E-state index in [1.54, 1.807) is 17.8 Å². The lowest BCUT2D eigenvalue weighted by Crippen LogP contribution is -1.85. The average molecular weight is 310 g/mol. The second kappa shape index (κ2) is 6.22. The van der Waals surface area contributed by atoms with Crippen molar-refractivity contribution in [2.24, 2.45) is 0 Å². The van der Waals surface area contributed by atoms with Crippen LogP contribution in [0, 0.1) is 11.3 Å². The van der Waals surface area contributed by atoms with E-state index in [4.69, 9.17) is 16.9 Å². The Bertz CT molecular complexity index is 836. The Hall–Kier alpha value is -1.95. The van der Waals surface area contributed by atoms with Crippen molar-refractivity contribution in [3.05, 3.63) is 76.8 Å². The molecule has 1 nitrogen and oxygen atoms in total. The van der Waals surface area contributed by atoms with Crippen LogP contribution in [0.3, 0.4) is 0 Å². The fraction of sp³-hybridized carbons (Fsp3) is 0.0556. The molecule has 0 aromatic heterocycles. The van der Waals surface area contributed by atoms with Crippen molar-refractivity contribution < 1.29 is 0 Å². The first-order valence-electron chi connectivity index (χ1n) is 6.56. The molecular formula is C18H12ClNS. The van der Waals surface area contributed by atoms with Crippen molar-refractivity contribution >= 4 is 34.1 Å². The monoisotopic (exact) mass is 309 g/mol. The zero-order valence-electron chi connectivity index (χ0n) is 11.2. The van der Waals surface area contributed by atoms with Crippen molar-refractivity contribution in [3.8, 4) is 6.07 Å². The molecule has 0 radical (unpaired) electrons. The normalized spacial score (nSPS) is 10.5. The van der Waals surface area contributed by atoms with Gasteiger partial charge >= 0.3 is 0 Å². The standard InChI is InChI=1S/C18H12ClNS/c19-18-9-13(11-20)5-6-16(18)12-21-17-8-7-14-3-1-2-4-15(14)10-17/h1-10H,12H2. The molecule has 0 saturated carbocycles. The minimum atomic E-state index is 0.597. The molecule has 0 amide bonds. The third-order valence-electron chi connectivity index (χ3n) is 3.30. The number of rotatable bonds is 3. The highest BCUT2D eigenvalue weighted by molar-refractivity contribution is 7.98. The predicted octanol–water partition coefficient (Wildman–Crippen LogP) is 5.66. The van der Waals surface area contributed by atoms with Crippen LogP contribution in [0.4, 0.5) is 0 Å². The Morgan fingerprint density at radius 3 is 2.52 bits per heavy atom. The molecule has 0 aliphatic carbocycles. The summed E-state index contributed by atoms with van der Waals surface area (Å²) in [6.45, 7) is 0. The Labute approximate surface area is 133 Å². The molecule has 0 aliphatic heterocycles. The fourth-order valence-corrected chi connectivity index (χ4v) is 3.43. The number of hydrogen-bond acceptors (Lipinski definition) is 2. The van der Waals surface area contributed by atoms with E-state index in [0.29, 0.717) is 10.6 Å². The fourth-order valence-electron chi connectivity index (χ4n) is 2.15. The first-order valence-corrected chi connectivity index (χ1v) is 7.93. The highest BCUT2D eigenvalue weighted by Gasteiger charge is 2.04. The highest BCUT2D eigenvalue weighted by Crippen LogP contribution is 2.29. The lowest BCUT2D eigenvalue weighted by atomic mass is 10.1. The lowest BCUT2D eigenvalue weighted by Gasteiger charge is -2.06. The molecular weight excluding hydrogens is 298 g/mol. The Morgan fingerprint density at radius 2 is 1.76 bits per heavy atom. The van der Waals surface area contributed by atoms with Gasteiger partial charge in [-0.15, -0.1) is 11.8 Å². The van der Waals surface area contributed by atoms with Crippen LogP contribution < -0.4 is 0 Å². The van der Waals surface area contributed by atoms with Crippen LogP contribution in [0.15, 0.2) is 65.6 Å². The van der Waals surface area contributed by atoms with E-state index in [9.17, 15) is 0 Å². The third kappa shape index (κ3) is 3.21. The molecule has 3 aromatic carbocycles. The first kappa shape index (κ1) is 14.0. The largest absolute Gasteiger partial charge is 0.192 e. The van der Waals surface area contributed by atoms with Crippen molar-refractivity contribution in [3.63, 3.8) is 0 Å². The third-order valence-corrected chi connectivity index (χ3v) is 4.69. The molecule has 3 heteroatoms. The van der Waals surface area contributed by atoms with Gasteiger partial charge in [-0.3, -0.25) is 0 Å². The van der Waals surface area contributed by atoms with Gasteiger partial charge in [-0.05, 0) is 40.6 Å². The van der Waals surface area contributed by atoms with Crippen LogP contribution in [0.1, 0.15) is 11.1 Å². The minimum Gasteiger partial charge on any atom is -0.192 e. The number of benzene rings is 3. The topological polar surface area (TPSA) is 23.8 Å². The molecule has 0 spiro atoms. The van der Waals surface area contributed by atoms with Crippen molar-refractivity contribution in [1.82, 2.24) is 0 Å². The molecule has 21 heavy (non-hydrogen) atoms. The van der Waals surface area contributed by atoms with Crippen molar-refractivity contribution in [2.45, 2.75) is 10.6 Å². The smallest absolute Gasteiger partial charge is 0.0992 e. The summed E-state index contributed by atoms with van der Waals surface area (Å²) < 4.78 is 0. The van der Waals surface area contributed by atoms with Gasteiger partial charge in [0.1, 0.15) is 0 Å². The highest BCUT2D eigenvalue weighted by atomic mass is 35.5. The molecule has 0 heterocycles. The van der Waals surface area contributed by atoms with Gasteiger partial charge in [0, 0.05) is 15.7 Å². The zero-order chi connectivity index (χ0) is 14.7. The Morgan fingerprint density at radius 1 is 0.952 bits per heavy atom. The van der Waals surface area contributed by atoms with Gasteiger partial charge in [-0.25, -0.2) is 0 Å². The summed E-state index contributed by atoms with van der Waals surface area (Å²) in [5.41, 5.74) is 1.65. The van der Waals surface area contributed by atoms with E-state index >= 15 is 0 Å². The molecule has 3 aromatic rings. The van der Waals surface area contributed by atoms with E-state index in [1.165, 1.54) is 15.7 Å². The average Bonchev–Trinajstić information content (AvgIpc) is 2.53. The number of halogens is 1. The zero-order valence-corrected chi connectivity index (χ0v) is 12.8. The van der Waals surface area contributed by atoms with E-state index in [0.717, 1.165) is 11.3 Å². The first-order chi connectivity index (χ1) is 10.3. The predicted molar refractivity (Wildman–Crippen MR) is 89.7 cm³/mol. The summed E-state index contributed by atoms with van der Waals surface area (Å²) in [7, 11) is 0. The quantitative estimate of drug-likeness (QED) is 0.583. The van der Waals surface area contributed by atoms with Crippen LogP contribution in [-0.4, -0.2) is 0 Å². The molecule has 0 fully saturated rings. The maximum atomic E-state index is 8.85. The summed E-state index contributed by atoms with van der Waals surface area (Å²) in [6, 6.07) is 22.3. The van der Waals surface area contributed by atoms with Gasteiger partial charge in [0.2, 0.25) is 0 Å². The molecule has 0 bridgehead atoms. The van der Waals surface area contributed by atoms with Crippen LogP contribution in [-0.2, 0) is 5.75 Å². The number of fused-ring (bicyclic) bond motifs is 1. The van der Waals surface area contributed by atoms with Crippen molar-refractivity contribution in [1.29, 1.82) is 5.26 Å². The van der Waals surface area contributed by atoms with Crippen LogP contribution >= 0.6 is 23.4 Å². The molecule has 102 valence electrons. The van der Waals surface area contributed by atoms with Crippen LogP contribution in [0.5, 0.6) is 0 Å². The maximum absolute atomic E-state index is 8.85. The van der Waals surface area contributed by atoms with Gasteiger partial charge in [-0.1, -0.05) is 48.0 Å². The second-order valence-electron chi connectivity index (χ2n) is 4.72. The summed E-state index contributed by atoms with van der Waals surface area (Å²) in [6.07, 6.45) is 0. The summed E-state index contributed by atoms with van der Waals surface area (Å²) in [5.74, 6) is 0.795. The molecule has 0 aliphatic rings. The van der Waals surface area contributed by atoms with Crippen LogP contribution in [0.25, 0.3) is 10.8 Å². The maximum Gasteiger partial charge on any atom is 0.0992 e. The van der Waals surface area contributed by atoms with Gasteiger partial charge in [-0.2, -0.15) is 5.26 Å². The van der Waals surface area contributed by atoms with E-state index < -0.39 is 0 Å². The second-order valence-corrected chi connectivity index (χ2v) is 6.17. The van der Waals surface area contributed by atoms with Gasteiger partial charge in [0.25, 0.3) is 0 Å².